The van der Waals surface area contributed by atoms with E-state index in [0.717, 1.165) is 6.07 Å². The number of carbonyl (C=O) groups excluding carboxylic acids is 1. The molecule has 0 bridgehead atoms. The van der Waals surface area contributed by atoms with Crippen molar-refractivity contribution in [1.29, 1.82) is 0 Å². The topological polar surface area (TPSA) is 131 Å². The van der Waals surface area contributed by atoms with Gasteiger partial charge in [-0.2, -0.15) is 0 Å². The first-order valence-corrected chi connectivity index (χ1v) is 8.88. The zero-order valence-corrected chi connectivity index (χ0v) is 15.7. The van der Waals surface area contributed by atoms with Crippen LogP contribution in [0.5, 0.6) is 23.1 Å². The number of carboxylic acid groups (broad SMARTS) is 1. The first-order chi connectivity index (χ1) is 14.3. The third-order valence-corrected chi connectivity index (χ3v) is 4.89. The first kappa shape index (κ1) is 19.4. The normalized spacial score (nSPS) is 14.2. The van der Waals surface area contributed by atoms with Gasteiger partial charge in [0.15, 0.2) is 23.1 Å². The van der Waals surface area contributed by atoms with E-state index in [1.54, 1.807) is 0 Å². The van der Waals surface area contributed by atoms with Crippen LogP contribution in [-0.2, 0) is 9.59 Å². The van der Waals surface area contributed by atoms with E-state index >= 15 is 0 Å². The highest BCUT2D eigenvalue weighted by Gasteiger charge is 2.57. The Bertz CT molecular complexity index is 1180. The van der Waals surface area contributed by atoms with Gasteiger partial charge in [0.05, 0.1) is 18.0 Å². The van der Waals surface area contributed by atoms with E-state index < -0.39 is 23.1 Å². The van der Waals surface area contributed by atoms with Gasteiger partial charge in [-0.05, 0) is 31.0 Å². The molecule has 0 radical (unpaired) electrons. The Hall–Kier alpha value is -3.95. The number of carbonyl (C=O) groups is 2. The number of benzene rings is 2. The molecule has 3 aromatic rings. The molecule has 0 unspecified atom stereocenters. The molecule has 0 spiro atoms. The quantitative estimate of drug-likeness (QED) is 0.526. The average Bonchev–Trinajstić information content (AvgIpc) is 3.52. The Labute approximate surface area is 169 Å². The van der Waals surface area contributed by atoms with E-state index in [1.807, 2.05) is 0 Å². The number of hydrogen-bond acceptors (Lipinski definition) is 7. The lowest BCUT2D eigenvalue weighted by molar-refractivity contribution is -0.147. The van der Waals surface area contributed by atoms with E-state index in [2.05, 4.69) is 15.3 Å². The molecule has 0 atom stereocenters. The van der Waals surface area contributed by atoms with E-state index in [0.29, 0.717) is 10.9 Å². The molecule has 9 nitrogen and oxygen atoms in total. The Balaban J connectivity index is 1.59. The summed E-state index contributed by atoms with van der Waals surface area (Å²) in [6, 6.07) is 6.54. The van der Waals surface area contributed by atoms with Crippen molar-refractivity contribution >= 4 is 28.5 Å². The highest BCUT2D eigenvalue weighted by Crippen LogP contribution is 2.47. The Kier molecular flexibility index (Phi) is 4.61. The van der Waals surface area contributed by atoms with Crippen LogP contribution in [0, 0.1) is 11.2 Å². The molecule has 30 heavy (non-hydrogen) atoms. The molecule has 0 saturated heterocycles. The van der Waals surface area contributed by atoms with Crippen LogP contribution in [0.15, 0.2) is 36.7 Å². The molecule has 1 heterocycles. The van der Waals surface area contributed by atoms with E-state index in [-0.39, 0.29) is 41.7 Å². The van der Waals surface area contributed by atoms with Gasteiger partial charge in [-0.1, -0.05) is 0 Å². The number of aromatic hydroxyl groups is 1. The second-order valence-electron chi connectivity index (χ2n) is 6.81. The number of aliphatic carboxylic acids is 1. The summed E-state index contributed by atoms with van der Waals surface area (Å²) in [7, 11) is 1.38. The highest BCUT2D eigenvalue weighted by atomic mass is 19.1. The summed E-state index contributed by atoms with van der Waals surface area (Å²) < 4.78 is 25.2. The van der Waals surface area contributed by atoms with Crippen LogP contribution in [0.1, 0.15) is 12.8 Å². The molecule has 1 fully saturated rings. The molecule has 1 aliphatic rings. The second-order valence-corrected chi connectivity index (χ2v) is 6.81. The number of nitrogens with one attached hydrogen (secondary N) is 1. The van der Waals surface area contributed by atoms with Crippen LogP contribution < -0.4 is 14.8 Å². The fraction of sp³-hybridized carbons (Fsp3) is 0.200. The maximum Gasteiger partial charge on any atom is 0.319 e. The fourth-order valence-electron chi connectivity index (χ4n) is 2.97. The third-order valence-electron chi connectivity index (χ3n) is 4.89. The zero-order valence-electron chi connectivity index (χ0n) is 15.7. The van der Waals surface area contributed by atoms with Gasteiger partial charge in [-0.3, -0.25) is 9.59 Å². The standard InChI is InChI=1S/C20H16FN3O6/c1-29-16-7-11-13(8-14(16)25)22-9-23-17(11)30-15-3-2-10(6-12(15)21)24-18(26)20(4-5-20)19(27)28/h2-3,6-9,25H,4-5H2,1H3,(H,24,26)(H,27,28). The SMILES string of the molecule is COc1cc2c(Oc3ccc(NC(=O)C4(C(=O)O)CC4)cc3F)ncnc2cc1O. The molecule has 4 rings (SSSR count). The van der Waals surface area contributed by atoms with Gasteiger partial charge < -0.3 is 25.0 Å². The molecule has 0 aliphatic heterocycles. The number of phenols is 1. The number of amides is 1. The number of methoxy groups -OCH3 is 1. The van der Waals surface area contributed by atoms with Crippen molar-refractivity contribution in [3.05, 3.63) is 42.5 Å². The molecule has 10 heteroatoms. The monoisotopic (exact) mass is 413 g/mol. The maximum atomic E-state index is 14.6. The van der Waals surface area contributed by atoms with Gasteiger partial charge in [0, 0.05) is 17.8 Å². The molecule has 2 aromatic carbocycles. The highest BCUT2D eigenvalue weighted by molar-refractivity contribution is 6.10. The summed E-state index contributed by atoms with van der Waals surface area (Å²) in [6.45, 7) is 0. The number of carboxylic acids is 1. The lowest BCUT2D eigenvalue weighted by atomic mass is 10.1. The molecule has 3 N–H and O–H groups in total. The van der Waals surface area contributed by atoms with Gasteiger partial charge in [0.2, 0.25) is 11.8 Å². The Morgan fingerprint density at radius 2 is 1.93 bits per heavy atom. The summed E-state index contributed by atoms with van der Waals surface area (Å²) >= 11 is 0. The summed E-state index contributed by atoms with van der Waals surface area (Å²) in [5, 5.41) is 21.9. The number of anilines is 1. The van der Waals surface area contributed by atoms with E-state index in [9.17, 15) is 19.1 Å². The van der Waals surface area contributed by atoms with Crippen molar-refractivity contribution in [2.45, 2.75) is 12.8 Å². The third kappa shape index (κ3) is 3.32. The smallest absolute Gasteiger partial charge is 0.319 e. The number of rotatable bonds is 6. The van der Waals surface area contributed by atoms with Crippen molar-refractivity contribution in [2.75, 3.05) is 12.4 Å². The lowest BCUT2D eigenvalue weighted by Gasteiger charge is -2.13. The summed E-state index contributed by atoms with van der Waals surface area (Å²) in [5.41, 5.74) is -0.960. The molecule has 1 saturated carbocycles. The van der Waals surface area contributed by atoms with Crippen LogP contribution in [-0.4, -0.2) is 39.2 Å². The number of hydrogen-bond donors (Lipinski definition) is 3. The van der Waals surface area contributed by atoms with Crippen molar-refractivity contribution < 1.29 is 33.7 Å². The maximum absolute atomic E-state index is 14.6. The molecular weight excluding hydrogens is 397 g/mol. The van der Waals surface area contributed by atoms with Crippen molar-refractivity contribution in [1.82, 2.24) is 9.97 Å². The van der Waals surface area contributed by atoms with Gasteiger partial charge >= 0.3 is 5.97 Å². The summed E-state index contributed by atoms with van der Waals surface area (Å²) in [4.78, 5) is 31.4. The minimum absolute atomic E-state index is 0.0387. The van der Waals surface area contributed by atoms with Crippen molar-refractivity contribution in [3.63, 3.8) is 0 Å². The minimum Gasteiger partial charge on any atom is -0.504 e. The molecular formula is C20H16FN3O6. The average molecular weight is 413 g/mol. The first-order valence-electron chi connectivity index (χ1n) is 8.88. The second kappa shape index (κ2) is 7.14. The molecule has 1 aliphatic carbocycles. The van der Waals surface area contributed by atoms with Crippen LogP contribution in [0.25, 0.3) is 10.9 Å². The van der Waals surface area contributed by atoms with Crippen LogP contribution in [0.3, 0.4) is 0 Å². The molecule has 1 aromatic heterocycles. The number of halogens is 1. The fourth-order valence-corrected chi connectivity index (χ4v) is 2.97. The predicted molar refractivity (Wildman–Crippen MR) is 102 cm³/mol. The molecule has 154 valence electrons. The number of nitrogens with zero attached hydrogens (tertiary/aromatic N) is 2. The van der Waals surface area contributed by atoms with Gasteiger partial charge in [-0.25, -0.2) is 14.4 Å². The van der Waals surface area contributed by atoms with Crippen LogP contribution >= 0.6 is 0 Å². The van der Waals surface area contributed by atoms with Crippen LogP contribution in [0.2, 0.25) is 0 Å². The number of fused-ring (bicyclic) bond motifs is 1. The van der Waals surface area contributed by atoms with Crippen molar-refractivity contribution in [3.8, 4) is 23.1 Å². The molecule has 1 amide bonds. The summed E-state index contributed by atoms with van der Waals surface area (Å²) in [6.07, 6.45) is 1.70. The summed E-state index contributed by atoms with van der Waals surface area (Å²) in [5.74, 6) is -2.74. The number of ether oxygens (including phenoxy) is 2. The van der Waals surface area contributed by atoms with Crippen LogP contribution in [0.4, 0.5) is 10.1 Å². The minimum atomic E-state index is -1.43. The Morgan fingerprint density at radius 3 is 2.57 bits per heavy atom. The van der Waals surface area contributed by atoms with Gasteiger partial charge in [0.25, 0.3) is 0 Å². The Morgan fingerprint density at radius 1 is 1.17 bits per heavy atom. The number of phenolic OH excluding ortho intramolecular Hbond substituents is 1. The van der Waals surface area contributed by atoms with Gasteiger partial charge in [-0.15, -0.1) is 0 Å². The predicted octanol–water partition coefficient (Wildman–Crippen LogP) is 3.08. The lowest BCUT2D eigenvalue weighted by Crippen LogP contribution is -2.31. The van der Waals surface area contributed by atoms with Gasteiger partial charge in [0.1, 0.15) is 11.7 Å². The van der Waals surface area contributed by atoms with E-state index in [1.165, 1.54) is 37.7 Å². The van der Waals surface area contributed by atoms with Crippen molar-refractivity contribution in [2.24, 2.45) is 5.41 Å². The number of aromatic nitrogens is 2. The zero-order chi connectivity index (χ0) is 21.5. The van der Waals surface area contributed by atoms with E-state index in [4.69, 9.17) is 14.6 Å². The largest absolute Gasteiger partial charge is 0.504 e.